The van der Waals surface area contributed by atoms with Crippen LogP contribution in [0.4, 0.5) is 0 Å². The van der Waals surface area contributed by atoms with Crippen molar-refractivity contribution in [2.24, 2.45) is 0 Å². The zero-order valence-electron chi connectivity index (χ0n) is 8.95. The first-order valence-electron chi connectivity index (χ1n) is 5.31. The van der Waals surface area contributed by atoms with Gasteiger partial charge in [-0.2, -0.15) is 0 Å². The van der Waals surface area contributed by atoms with Crippen LogP contribution in [0.1, 0.15) is 45.4 Å². The molecule has 2 heteroatoms. The van der Waals surface area contributed by atoms with E-state index in [0.29, 0.717) is 0 Å². The minimum Gasteiger partial charge on any atom is -0.0737 e. The van der Waals surface area contributed by atoms with Gasteiger partial charge in [0.1, 0.15) is 0 Å². The van der Waals surface area contributed by atoms with Crippen LogP contribution in [0.15, 0.2) is 0 Å². The van der Waals surface area contributed by atoms with E-state index in [4.69, 9.17) is 0 Å². The van der Waals surface area contributed by atoms with E-state index in [1.165, 1.54) is 53.6 Å². The molecule has 0 aromatic heterocycles. The Morgan fingerprint density at radius 2 is 1.50 bits per heavy atom. The van der Waals surface area contributed by atoms with Gasteiger partial charge in [0, 0.05) is 17.4 Å². The summed E-state index contributed by atoms with van der Waals surface area (Å²) in [5, 5.41) is 0. The molecule has 0 saturated heterocycles. The Bertz CT molecular complexity index is 81.9. The van der Waals surface area contributed by atoms with Crippen LogP contribution in [0.3, 0.4) is 0 Å². The van der Waals surface area contributed by atoms with Crippen molar-refractivity contribution in [3.63, 3.8) is 0 Å². The fourth-order valence-corrected chi connectivity index (χ4v) is 4.20. The summed E-state index contributed by atoms with van der Waals surface area (Å²) in [6, 6.07) is 1.52. The first-order chi connectivity index (χ1) is 5.77. The fourth-order valence-electron chi connectivity index (χ4n) is 1.24. The highest BCUT2D eigenvalue weighted by Gasteiger charge is 1.96. The molecule has 0 rings (SSSR count). The number of hydrogen-bond acceptors (Lipinski definition) is 0. The van der Waals surface area contributed by atoms with Gasteiger partial charge in [-0.15, -0.1) is 0 Å². The SMILES string of the molecule is CCCCCCCC[Si][Si](C)C. The van der Waals surface area contributed by atoms with E-state index in [1.807, 2.05) is 0 Å². The van der Waals surface area contributed by atoms with Gasteiger partial charge in [-0.3, -0.25) is 0 Å². The van der Waals surface area contributed by atoms with E-state index < -0.39 is 0 Å². The maximum absolute atomic E-state index is 2.43. The second-order valence-corrected chi connectivity index (χ2v) is 10.6. The molecule has 0 saturated carbocycles. The van der Waals surface area contributed by atoms with E-state index in [9.17, 15) is 0 Å². The molecular formula is C10H23Si2. The highest BCUT2D eigenvalue weighted by atomic mass is 29.2. The Morgan fingerprint density at radius 1 is 0.917 bits per heavy atom. The molecule has 3 radical (unpaired) electrons. The second-order valence-electron chi connectivity index (χ2n) is 3.69. The molecule has 0 aliphatic rings. The highest BCUT2D eigenvalue weighted by molar-refractivity contribution is 7.11. The standard InChI is InChI=1S/C10H23Si2/c1-4-5-6-7-8-9-10-11-12(2)3/h4-10H2,1-3H3. The lowest BCUT2D eigenvalue weighted by molar-refractivity contribution is 0.624. The first kappa shape index (κ1) is 12.4. The molecule has 12 heavy (non-hydrogen) atoms. The Labute approximate surface area is 82.4 Å². The van der Waals surface area contributed by atoms with Crippen molar-refractivity contribution in [2.75, 3.05) is 0 Å². The number of rotatable bonds is 8. The molecule has 0 nitrogen and oxygen atoms in total. The molecule has 0 fully saturated rings. The Hall–Kier alpha value is 0.434. The third-order valence-corrected chi connectivity index (χ3v) is 6.19. The average Bonchev–Trinajstić information content (AvgIpc) is 2.02. The largest absolute Gasteiger partial charge is 0.0737 e. The number of unbranched alkanes of at least 4 members (excludes halogenated alkanes) is 5. The van der Waals surface area contributed by atoms with E-state index in [-0.39, 0.29) is 8.31 Å². The molecule has 0 aromatic rings. The molecule has 0 spiro atoms. The third kappa shape index (κ3) is 10.4. The summed E-state index contributed by atoms with van der Waals surface area (Å²) in [5.41, 5.74) is 0. The van der Waals surface area contributed by atoms with Crippen LogP contribution in [0.5, 0.6) is 0 Å². The molecule has 0 aliphatic heterocycles. The molecule has 0 bridgehead atoms. The van der Waals surface area contributed by atoms with E-state index in [2.05, 4.69) is 20.0 Å². The van der Waals surface area contributed by atoms with Gasteiger partial charge in [0.15, 0.2) is 0 Å². The van der Waals surface area contributed by atoms with E-state index in [1.54, 1.807) is 0 Å². The van der Waals surface area contributed by atoms with Gasteiger partial charge in [-0.05, 0) is 0 Å². The summed E-state index contributed by atoms with van der Waals surface area (Å²) < 4.78 is 0. The molecule has 0 aromatic carbocycles. The van der Waals surface area contributed by atoms with Crippen molar-refractivity contribution in [3.8, 4) is 0 Å². The summed E-state index contributed by atoms with van der Waals surface area (Å²) in [4.78, 5) is 0. The quantitative estimate of drug-likeness (QED) is 0.413. The highest BCUT2D eigenvalue weighted by Crippen LogP contribution is 2.06. The molecule has 0 aliphatic carbocycles. The van der Waals surface area contributed by atoms with Crippen LogP contribution in [-0.2, 0) is 0 Å². The monoisotopic (exact) mass is 199 g/mol. The predicted molar refractivity (Wildman–Crippen MR) is 61.4 cm³/mol. The lowest BCUT2D eigenvalue weighted by Crippen LogP contribution is -2.11. The second kappa shape index (κ2) is 9.52. The minimum absolute atomic E-state index is 0.0961. The van der Waals surface area contributed by atoms with E-state index >= 15 is 0 Å². The summed E-state index contributed by atoms with van der Waals surface area (Å²) in [7, 11) is 1.40. The smallest absolute Gasteiger partial charge is 0.0278 e. The van der Waals surface area contributed by atoms with Crippen molar-refractivity contribution < 1.29 is 0 Å². The van der Waals surface area contributed by atoms with Crippen molar-refractivity contribution in [1.82, 2.24) is 0 Å². The average molecular weight is 199 g/mol. The van der Waals surface area contributed by atoms with Gasteiger partial charge in [-0.1, -0.05) is 64.6 Å². The van der Waals surface area contributed by atoms with E-state index in [0.717, 1.165) is 0 Å². The van der Waals surface area contributed by atoms with Crippen LogP contribution < -0.4 is 0 Å². The number of hydrogen-bond donors (Lipinski definition) is 0. The molecule has 71 valence electrons. The van der Waals surface area contributed by atoms with Crippen LogP contribution >= 0.6 is 0 Å². The molecule has 0 atom stereocenters. The molecule has 0 N–H and O–H groups in total. The third-order valence-electron chi connectivity index (χ3n) is 2.01. The predicted octanol–water partition coefficient (Wildman–Crippen LogP) is 3.72. The lowest BCUT2D eigenvalue weighted by atomic mass is 10.1. The zero-order chi connectivity index (χ0) is 9.23. The topological polar surface area (TPSA) is 0 Å². The van der Waals surface area contributed by atoms with Crippen molar-refractivity contribution in [2.45, 2.75) is 64.6 Å². The van der Waals surface area contributed by atoms with Gasteiger partial charge in [0.05, 0.1) is 0 Å². The van der Waals surface area contributed by atoms with Crippen LogP contribution in [-0.4, -0.2) is 17.4 Å². The molecule has 0 amide bonds. The normalized spacial score (nSPS) is 11.0. The van der Waals surface area contributed by atoms with Gasteiger partial charge in [-0.25, -0.2) is 0 Å². The minimum atomic E-state index is 0.0961. The summed E-state index contributed by atoms with van der Waals surface area (Å²) in [6.07, 6.45) is 8.75. The molecular weight excluding hydrogens is 176 g/mol. The Morgan fingerprint density at radius 3 is 2.08 bits per heavy atom. The maximum atomic E-state index is 2.43. The summed E-state index contributed by atoms with van der Waals surface area (Å²) in [5.74, 6) is 0. The summed E-state index contributed by atoms with van der Waals surface area (Å²) >= 11 is 0. The van der Waals surface area contributed by atoms with Crippen LogP contribution in [0, 0.1) is 0 Å². The van der Waals surface area contributed by atoms with Crippen LogP contribution in [0.25, 0.3) is 0 Å². The van der Waals surface area contributed by atoms with Gasteiger partial charge >= 0.3 is 0 Å². The van der Waals surface area contributed by atoms with Crippen molar-refractivity contribution >= 4 is 17.4 Å². The zero-order valence-corrected chi connectivity index (χ0v) is 10.9. The Kier molecular flexibility index (Phi) is 9.87. The van der Waals surface area contributed by atoms with Crippen molar-refractivity contribution in [3.05, 3.63) is 0 Å². The summed E-state index contributed by atoms with van der Waals surface area (Å²) in [6.45, 7) is 7.14. The van der Waals surface area contributed by atoms with Crippen LogP contribution in [0.2, 0.25) is 19.1 Å². The van der Waals surface area contributed by atoms with Gasteiger partial charge in [0.25, 0.3) is 0 Å². The Balaban J connectivity index is 2.82. The molecule has 0 unspecified atom stereocenters. The fraction of sp³-hybridized carbons (Fsp3) is 1.00. The van der Waals surface area contributed by atoms with Gasteiger partial charge in [0.2, 0.25) is 0 Å². The first-order valence-corrected chi connectivity index (χ1v) is 10.0. The maximum Gasteiger partial charge on any atom is 0.0278 e. The van der Waals surface area contributed by atoms with Gasteiger partial charge < -0.3 is 0 Å². The molecule has 0 heterocycles. The van der Waals surface area contributed by atoms with Crippen molar-refractivity contribution in [1.29, 1.82) is 0 Å². The lowest BCUT2D eigenvalue weighted by Gasteiger charge is -2.01.